The zero-order chi connectivity index (χ0) is 8.85. The number of hydrogen-bond acceptors (Lipinski definition) is 3. The molecule has 0 radical (unpaired) electrons. The lowest BCUT2D eigenvalue weighted by Crippen LogP contribution is -2.05. The van der Waals surface area contributed by atoms with Crippen molar-refractivity contribution in [3.05, 3.63) is 7.87 Å². The van der Waals surface area contributed by atoms with E-state index in [4.69, 9.17) is 0 Å². The highest BCUT2D eigenvalue weighted by atomic mass is 79.9. The lowest BCUT2D eigenvalue weighted by atomic mass is 10.7. The van der Waals surface area contributed by atoms with Crippen LogP contribution in [0.4, 0.5) is 4.79 Å². The third-order valence-corrected chi connectivity index (χ3v) is 3.34. The van der Waals surface area contributed by atoms with Crippen LogP contribution in [0, 0.1) is 0 Å². The van der Waals surface area contributed by atoms with Gasteiger partial charge < -0.3 is 9.47 Å². The molecule has 0 atom stereocenters. The van der Waals surface area contributed by atoms with Crippen molar-refractivity contribution in [3.63, 3.8) is 0 Å². The molecular weight excluding hydrogens is 348 g/mol. The maximum Gasteiger partial charge on any atom is 0.508 e. The fraction of sp³-hybridized carbons (Fsp3) is 0.400. The molecule has 0 aliphatic heterocycles. The molecular formula is C5H5Br3O3. The van der Waals surface area contributed by atoms with Crippen LogP contribution in [0.15, 0.2) is 7.87 Å². The van der Waals surface area contributed by atoms with Gasteiger partial charge in [-0.1, -0.05) is 15.9 Å². The highest BCUT2D eigenvalue weighted by Crippen LogP contribution is 2.23. The number of ether oxygens (including phenoxy) is 2. The number of methoxy groups -OCH3 is 1. The largest absolute Gasteiger partial charge is 0.508 e. The Labute approximate surface area is 89.5 Å². The molecule has 0 aliphatic carbocycles. The summed E-state index contributed by atoms with van der Waals surface area (Å²) in [6.07, 6.45) is -0.705. The maximum absolute atomic E-state index is 10.4. The number of carbonyl (C=O) groups excluding carboxylic acids is 1. The van der Waals surface area contributed by atoms with Crippen LogP contribution in [-0.2, 0) is 9.47 Å². The van der Waals surface area contributed by atoms with E-state index >= 15 is 0 Å². The smallest absolute Gasteiger partial charge is 0.438 e. The highest BCUT2D eigenvalue weighted by Gasteiger charge is 2.03. The molecule has 0 amide bonds. The van der Waals surface area contributed by atoms with Gasteiger partial charge in [-0.15, -0.1) is 0 Å². The summed E-state index contributed by atoms with van der Waals surface area (Å²) in [6, 6.07) is 0. The van der Waals surface area contributed by atoms with E-state index in [1.807, 2.05) is 0 Å². The van der Waals surface area contributed by atoms with E-state index in [0.717, 1.165) is 0 Å². The van der Waals surface area contributed by atoms with Crippen LogP contribution in [-0.4, -0.2) is 19.9 Å². The maximum atomic E-state index is 10.4. The Morgan fingerprint density at radius 3 is 2.27 bits per heavy atom. The Bertz CT molecular complexity index is 174. The number of carbonyl (C=O) groups is 1. The van der Waals surface area contributed by atoms with E-state index in [-0.39, 0.29) is 6.61 Å². The van der Waals surface area contributed by atoms with Crippen molar-refractivity contribution in [2.75, 3.05) is 13.7 Å². The van der Waals surface area contributed by atoms with E-state index in [9.17, 15) is 4.79 Å². The molecule has 0 fully saturated rings. The fourth-order valence-corrected chi connectivity index (χ4v) is 0.579. The average Bonchev–Trinajstić information content (AvgIpc) is 1.99. The van der Waals surface area contributed by atoms with Gasteiger partial charge >= 0.3 is 6.16 Å². The van der Waals surface area contributed by atoms with E-state index in [2.05, 4.69) is 57.3 Å². The molecule has 0 heterocycles. The quantitative estimate of drug-likeness (QED) is 0.716. The summed E-state index contributed by atoms with van der Waals surface area (Å²) in [6.45, 7) is 0.137. The van der Waals surface area contributed by atoms with Gasteiger partial charge in [-0.3, -0.25) is 0 Å². The molecule has 0 saturated heterocycles. The van der Waals surface area contributed by atoms with Gasteiger partial charge in [-0.25, -0.2) is 4.79 Å². The third kappa shape index (κ3) is 5.69. The van der Waals surface area contributed by atoms with E-state index in [1.54, 1.807) is 0 Å². The standard InChI is InChI=1S/C5H5Br3O3/c1-10-5(9)11-2-3(6)4(7)8/h2H2,1H3. The van der Waals surface area contributed by atoms with Crippen LogP contribution in [0.1, 0.15) is 0 Å². The minimum absolute atomic E-state index is 0.137. The first-order chi connectivity index (χ1) is 5.07. The molecule has 0 aromatic rings. The molecule has 0 spiro atoms. The molecule has 0 aromatic carbocycles. The van der Waals surface area contributed by atoms with Crippen LogP contribution < -0.4 is 0 Å². The summed E-state index contributed by atoms with van der Waals surface area (Å²) in [7, 11) is 1.25. The molecule has 0 rings (SSSR count). The van der Waals surface area contributed by atoms with Gasteiger partial charge in [0, 0.05) is 0 Å². The van der Waals surface area contributed by atoms with Gasteiger partial charge in [-0.05, 0) is 31.9 Å². The Morgan fingerprint density at radius 1 is 1.36 bits per heavy atom. The Kier molecular flexibility index (Phi) is 6.27. The molecule has 11 heavy (non-hydrogen) atoms. The van der Waals surface area contributed by atoms with Gasteiger partial charge in [0.25, 0.3) is 0 Å². The second-order valence-corrected chi connectivity index (χ2v) is 5.02. The van der Waals surface area contributed by atoms with Crippen LogP contribution in [0.3, 0.4) is 0 Å². The normalized spacial score (nSPS) is 8.73. The monoisotopic (exact) mass is 350 g/mol. The molecule has 6 heteroatoms. The minimum Gasteiger partial charge on any atom is -0.438 e. The first-order valence-electron chi connectivity index (χ1n) is 2.48. The topological polar surface area (TPSA) is 35.5 Å². The van der Waals surface area contributed by atoms with Crippen molar-refractivity contribution in [2.45, 2.75) is 0 Å². The summed E-state index contributed by atoms with van der Waals surface area (Å²) < 4.78 is 10.2. The molecule has 0 unspecified atom stereocenters. The number of rotatable bonds is 2. The second kappa shape index (κ2) is 6.02. The average molecular weight is 353 g/mol. The molecule has 0 N–H and O–H groups in total. The lowest BCUT2D eigenvalue weighted by Gasteiger charge is -2.01. The van der Waals surface area contributed by atoms with Gasteiger partial charge in [0.2, 0.25) is 0 Å². The van der Waals surface area contributed by atoms with Gasteiger partial charge in [-0.2, -0.15) is 0 Å². The molecule has 0 saturated carbocycles. The lowest BCUT2D eigenvalue weighted by molar-refractivity contribution is 0.0813. The molecule has 64 valence electrons. The van der Waals surface area contributed by atoms with Gasteiger partial charge in [0.05, 0.1) is 15.0 Å². The Hall–Kier alpha value is 0.450. The predicted octanol–water partition coefficient (Wildman–Crippen LogP) is 3.12. The third-order valence-electron chi connectivity index (χ3n) is 0.688. The number of hydrogen-bond donors (Lipinski definition) is 0. The predicted molar refractivity (Wildman–Crippen MR) is 52.2 cm³/mol. The summed E-state index contributed by atoms with van der Waals surface area (Å²) >= 11 is 9.41. The summed E-state index contributed by atoms with van der Waals surface area (Å²) in [4.78, 5) is 10.4. The second-order valence-electron chi connectivity index (χ2n) is 1.41. The molecule has 0 aromatic heterocycles. The van der Waals surface area contributed by atoms with Crippen LogP contribution in [0.25, 0.3) is 0 Å². The zero-order valence-corrected chi connectivity index (χ0v) is 10.3. The Balaban J connectivity index is 3.72. The first kappa shape index (κ1) is 11.4. The van der Waals surface area contributed by atoms with Crippen LogP contribution >= 0.6 is 47.8 Å². The molecule has 0 bridgehead atoms. The van der Waals surface area contributed by atoms with Crippen molar-refractivity contribution in [3.8, 4) is 0 Å². The van der Waals surface area contributed by atoms with Crippen molar-refractivity contribution < 1.29 is 14.3 Å². The van der Waals surface area contributed by atoms with E-state index < -0.39 is 6.16 Å². The summed E-state index contributed by atoms with van der Waals surface area (Å²) in [5, 5.41) is 0. The van der Waals surface area contributed by atoms with Crippen molar-refractivity contribution in [1.82, 2.24) is 0 Å². The highest BCUT2D eigenvalue weighted by molar-refractivity contribution is 9.29. The van der Waals surface area contributed by atoms with Crippen molar-refractivity contribution >= 4 is 53.9 Å². The van der Waals surface area contributed by atoms with Crippen molar-refractivity contribution in [2.24, 2.45) is 0 Å². The number of halogens is 3. The van der Waals surface area contributed by atoms with Gasteiger partial charge in [0.15, 0.2) is 0 Å². The van der Waals surface area contributed by atoms with E-state index in [1.165, 1.54) is 7.11 Å². The molecule has 0 aliphatic rings. The van der Waals surface area contributed by atoms with Crippen molar-refractivity contribution in [1.29, 1.82) is 0 Å². The SMILES string of the molecule is COC(=O)OCC(Br)=C(Br)Br. The van der Waals surface area contributed by atoms with Crippen LogP contribution in [0.5, 0.6) is 0 Å². The summed E-state index contributed by atoms with van der Waals surface area (Å²) in [5.74, 6) is 0. The summed E-state index contributed by atoms with van der Waals surface area (Å²) in [5.41, 5.74) is 0. The van der Waals surface area contributed by atoms with E-state index in [0.29, 0.717) is 7.87 Å². The Morgan fingerprint density at radius 2 is 1.91 bits per heavy atom. The van der Waals surface area contributed by atoms with Gasteiger partial charge in [0.1, 0.15) is 6.61 Å². The first-order valence-corrected chi connectivity index (χ1v) is 4.86. The molecule has 3 nitrogen and oxygen atoms in total. The minimum atomic E-state index is -0.705. The fourth-order valence-electron chi connectivity index (χ4n) is 0.236. The zero-order valence-electron chi connectivity index (χ0n) is 5.57. The van der Waals surface area contributed by atoms with Crippen LogP contribution in [0.2, 0.25) is 0 Å².